The van der Waals surface area contributed by atoms with Gasteiger partial charge in [-0.05, 0) is 41.5 Å². The fourth-order valence-electron chi connectivity index (χ4n) is 2.96. The highest BCUT2D eigenvalue weighted by atomic mass is 79.9. The predicted molar refractivity (Wildman–Crippen MR) is 115 cm³/mol. The van der Waals surface area contributed by atoms with E-state index in [2.05, 4.69) is 26.5 Å². The highest BCUT2D eigenvalue weighted by Crippen LogP contribution is 2.28. The van der Waals surface area contributed by atoms with Crippen LogP contribution in [0, 0.1) is 10.1 Å². The zero-order chi connectivity index (χ0) is 21.0. The van der Waals surface area contributed by atoms with E-state index in [1.165, 1.54) is 19.2 Å². The number of fused-ring (bicyclic) bond motifs is 1. The van der Waals surface area contributed by atoms with Crippen LogP contribution in [0.5, 0.6) is 5.75 Å². The van der Waals surface area contributed by atoms with Crippen molar-refractivity contribution in [3.05, 3.63) is 80.3 Å². The Kier molecular flexibility index (Phi) is 6.23. The van der Waals surface area contributed by atoms with Crippen LogP contribution in [-0.4, -0.2) is 23.7 Å². The van der Waals surface area contributed by atoms with E-state index in [1.807, 2.05) is 36.4 Å². The van der Waals surface area contributed by atoms with Crippen molar-refractivity contribution in [2.24, 2.45) is 5.10 Å². The molecule has 0 unspecified atom stereocenters. The van der Waals surface area contributed by atoms with Gasteiger partial charge < -0.3 is 4.74 Å². The molecule has 0 bridgehead atoms. The van der Waals surface area contributed by atoms with Gasteiger partial charge in [0.2, 0.25) is 5.91 Å². The lowest BCUT2D eigenvalue weighted by Gasteiger charge is -2.08. The maximum atomic E-state index is 12.4. The van der Waals surface area contributed by atoms with Gasteiger partial charge in [0.1, 0.15) is 0 Å². The summed E-state index contributed by atoms with van der Waals surface area (Å²) in [6.07, 6.45) is 0.160. The number of carbonyl (C=O) groups excluding carboxylic acids is 1. The number of hydrogen-bond acceptors (Lipinski definition) is 5. The number of hydrazone groups is 1. The van der Waals surface area contributed by atoms with Crippen molar-refractivity contribution in [3.8, 4) is 5.75 Å². The van der Waals surface area contributed by atoms with Crippen molar-refractivity contribution in [3.63, 3.8) is 0 Å². The Morgan fingerprint density at radius 3 is 2.59 bits per heavy atom. The van der Waals surface area contributed by atoms with E-state index >= 15 is 0 Å². The fourth-order valence-corrected chi connectivity index (χ4v) is 3.44. The summed E-state index contributed by atoms with van der Waals surface area (Å²) in [5.41, 5.74) is 4.21. The Morgan fingerprint density at radius 2 is 1.90 bits per heavy atom. The first-order valence-corrected chi connectivity index (χ1v) is 9.52. The van der Waals surface area contributed by atoms with E-state index in [0.717, 1.165) is 20.8 Å². The van der Waals surface area contributed by atoms with Crippen LogP contribution in [0.15, 0.2) is 64.2 Å². The predicted octanol–water partition coefficient (Wildman–Crippen LogP) is 4.60. The highest BCUT2D eigenvalue weighted by molar-refractivity contribution is 9.10. The van der Waals surface area contributed by atoms with E-state index in [9.17, 15) is 14.9 Å². The summed E-state index contributed by atoms with van der Waals surface area (Å²) < 4.78 is 5.96. The van der Waals surface area contributed by atoms with Gasteiger partial charge in [-0.15, -0.1) is 0 Å². The van der Waals surface area contributed by atoms with Crippen molar-refractivity contribution in [1.82, 2.24) is 5.43 Å². The Hall–Kier alpha value is -3.26. The summed E-state index contributed by atoms with van der Waals surface area (Å²) in [4.78, 5) is 23.0. The number of hydrogen-bond donors (Lipinski definition) is 1. The molecule has 0 saturated carbocycles. The number of nitro groups is 1. The SMILES string of the molecule is COc1ccc(C(C)=NNC(=O)Cc2ccc(Br)c3ccccc23)cc1[N+](=O)[O-]. The monoisotopic (exact) mass is 455 g/mol. The maximum absolute atomic E-state index is 12.4. The van der Waals surface area contributed by atoms with Gasteiger partial charge in [0.25, 0.3) is 0 Å². The van der Waals surface area contributed by atoms with Gasteiger partial charge in [-0.2, -0.15) is 5.10 Å². The van der Waals surface area contributed by atoms with E-state index < -0.39 is 4.92 Å². The first kappa shape index (κ1) is 20.5. The maximum Gasteiger partial charge on any atom is 0.311 e. The summed E-state index contributed by atoms with van der Waals surface area (Å²) >= 11 is 3.52. The number of nitrogens with one attached hydrogen (secondary N) is 1. The van der Waals surface area contributed by atoms with Gasteiger partial charge in [0, 0.05) is 16.1 Å². The van der Waals surface area contributed by atoms with Crippen LogP contribution in [0.3, 0.4) is 0 Å². The number of methoxy groups -OCH3 is 1. The second-order valence-corrected chi connectivity index (χ2v) is 7.16. The summed E-state index contributed by atoms with van der Waals surface area (Å²) in [5, 5.41) is 17.3. The first-order valence-electron chi connectivity index (χ1n) is 8.72. The molecule has 0 aromatic heterocycles. The largest absolute Gasteiger partial charge is 0.490 e. The molecule has 0 spiro atoms. The Balaban J connectivity index is 1.77. The van der Waals surface area contributed by atoms with Crippen molar-refractivity contribution < 1.29 is 14.5 Å². The topological polar surface area (TPSA) is 93.8 Å². The molecule has 0 aliphatic rings. The molecule has 7 nitrogen and oxygen atoms in total. The number of nitro benzene ring substituents is 1. The van der Waals surface area contributed by atoms with Crippen LogP contribution in [0.25, 0.3) is 10.8 Å². The molecule has 0 aliphatic heterocycles. The van der Waals surface area contributed by atoms with E-state index in [0.29, 0.717) is 11.3 Å². The molecule has 3 rings (SSSR count). The third kappa shape index (κ3) is 4.60. The molecule has 1 amide bonds. The molecule has 0 radical (unpaired) electrons. The third-order valence-electron chi connectivity index (χ3n) is 4.45. The molecule has 0 saturated heterocycles. The second-order valence-electron chi connectivity index (χ2n) is 6.30. The van der Waals surface area contributed by atoms with Gasteiger partial charge in [0.05, 0.1) is 24.2 Å². The zero-order valence-electron chi connectivity index (χ0n) is 15.8. The van der Waals surface area contributed by atoms with Crippen molar-refractivity contribution in [2.75, 3.05) is 7.11 Å². The molecular weight excluding hydrogens is 438 g/mol. The number of rotatable bonds is 6. The zero-order valence-corrected chi connectivity index (χ0v) is 17.4. The van der Waals surface area contributed by atoms with Crippen LogP contribution in [0.4, 0.5) is 5.69 Å². The van der Waals surface area contributed by atoms with Crippen molar-refractivity contribution in [2.45, 2.75) is 13.3 Å². The molecule has 0 fully saturated rings. The minimum atomic E-state index is -0.521. The van der Waals surface area contributed by atoms with E-state index in [1.54, 1.807) is 13.0 Å². The first-order chi connectivity index (χ1) is 13.9. The summed E-state index contributed by atoms with van der Waals surface area (Å²) in [7, 11) is 1.37. The second kappa shape index (κ2) is 8.83. The lowest BCUT2D eigenvalue weighted by molar-refractivity contribution is -0.385. The Labute approximate surface area is 175 Å². The standard InChI is InChI=1S/C21H18BrN3O4/c1-13(14-8-10-20(29-2)19(11-14)25(27)28)23-24-21(26)12-15-7-9-18(22)17-6-4-3-5-16(15)17/h3-11H,12H2,1-2H3,(H,24,26). The van der Waals surface area contributed by atoms with Gasteiger partial charge in [-0.3, -0.25) is 14.9 Å². The van der Waals surface area contributed by atoms with Crippen LogP contribution >= 0.6 is 15.9 Å². The molecule has 148 valence electrons. The van der Waals surface area contributed by atoms with Crippen LogP contribution < -0.4 is 10.2 Å². The minimum Gasteiger partial charge on any atom is -0.490 e. The number of ether oxygens (including phenoxy) is 1. The molecule has 8 heteroatoms. The number of halogens is 1. The van der Waals surface area contributed by atoms with E-state index in [-0.39, 0.29) is 23.8 Å². The van der Waals surface area contributed by atoms with Crippen LogP contribution in [0.1, 0.15) is 18.1 Å². The smallest absolute Gasteiger partial charge is 0.311 e. The number of benzene rings is 3. The van der Waals surface area contributed by atoms with Crippen LogP contribution in [0.2, 0.25) is 0 Å². The Morgan fingerprint density at radius 1 is 1.17 bits per heavy atom. The average molecular weight is 456 g/mol. The van der Waals surface area contributed by atoms with Crippen molar-refractivity contribution in [1.29, 1.82) is 0 Å². The number of nitrogens with zero attached hydrogens (tertiary/aromatic N) is 2. The number of amides is 1. The molecule has 0 atom stereocenters. The fraction of sp³-hybridized carbons (Fsp3) is 0.143. The molecular formula is C21H18BrN3O4. The van der Waals surface area contributed by atoms with Gasteiger partial charge >= 0.3 is 5.69 Å². The molecule has 0 aliphatic carbocycles. The average Bonchev–Trinajstić information content (AvgIpc) is 2.73. The highest BCUT2D eigenvalue weighted by Gasteiger charge is 2.16. The van der Waals surface area contributed by atoms with Gasteiger partial charge in [-0.25, -0.2) is 5.43 Å². The lowest BCUT2D eigenvalue weighted by atomic mass is 10.0. The van der Waals surface area contributed by atoms with Gasteiger partial charge in [0.15, 0.2) is 5.75 Å². The molecule has 0 heterocycles. The molecule has 3 aromatic carbocycles. The normalized spacial score (nSPS) is 11.3. The quantitative estimate of drug-likeness (QED) is 0.333. The summed E-state index contributed by atoms with van der Waals surface area (Å²) in [6, 6.07) is 16.2. The summed E-state index contributed by atoms with van der Waals surface area (Å²) in [6.45, 7) is 1.67. The Bertz CT molecular complexity index is 1130. The number of carbonyl (C=O) groups is 1. The minimum absolute atomic E-state index is 0.160. The molecule has 1 N–H and O–H groups in total. The molecule has 29 heavy (non-hydrogen) atoms. The van der Waals surface area contributed by atoms with E-state index in [4.69, 9.17) is 4.74 Å². The van der Waals surface area contributed by atoms with Crippen LogP contribution in [-0.2, 0) is 11.2 Å². The van der Waals surface area contributed by atoms with Crippen molar-refractivity contribution >= 4 is 44.0 Å². The third-order valence-corrected chi connectivity index (χ3v) is 5.15. The molecule has 3 aromatic rings. The summed E-state index contributed by atoms with van der Waals surface area (Å²) in [5.74, 6) is -0.113. The lowest BCUT2D eigenvalue weighted by Crippen LogP contribution is -2.21. The van der Waals surface area contributed by atoms with Gasteiger partial charge in [-0.1, -0.05) is 46.3 Å².